The molecule has 0 radical (unpaired) electrons. The molecule has 0 amide bonds. The van der Waals surface area contributed by atoms with Crippen molar-refractivity contribution in [2.75, 3.05) is 6.73 Å². The summed E-state index contributed by atoms with van der Waals surface area (Å²) in [6.07, 6.45) is 3.31. The Morgan fingerprint density at radius 3 is 2.95 bits per heavy atom. The van der Waals surface area contributed by atoms with Crippen LogP contribution in [-0.4, -0.2) is 17.7 Å². The number of benzene rings is 1. The molecular formula is C16H17NO3. The van der Waals surface area contributed by atoms with Gasteiger partial charge in [0.15, 0.2) is 0 Å². The molecule has 1 saturated carbocycles. The van der Waals surface area contributed by atoms with Crippen LogP contribution in [0.2, 0.25) is 0 Å². The van der Waals surface area contributed by atoms with Gasteiger partial charge in [0, 0.05) is 24.0 Å². The van der Waals surface area contributed by atoms with Crippen LogP contribution in [0.15, 0.2) is 27.4 Å². The molecule has 4 rings (SSSR count). The molecule has 1 fully saturated rings. The Kier molecular flexibility index (Phi) is 2.60. The van der Waals surface area contributed by atoms with Crippen LogP contribution in [0.25, 0.3) is 11.0 Å². The van der Waals surface area contributed by atoms with Gasteiger partial charge in [-0.2, -0.15) is 0 Å². The standard InChI is InChI=1S/C16H17NO3/c1-2-10-7-15(18)20-16-12(10)5-6-14-13(16)8-17(9-19-14)11-3-4-11/h5-7,11H,2-4,8-9H2,1H3. The molecule has 0 bridgehead atoms. The minimum Gasteiger partial charge on any atom is -0.478 e. The first-order chi connectivity index (χ1) is 9.76. The summed E-state index contributed by atoms with van der Waals surface area (Å²) in [4.78, 5) is 14.1. The van der Waals surface area contributed by atoms with E-state index in [1.165, 1.54) is 12.8 Å². The van der Waals surface area contributed by atoms with Gasteiger partial charge in [-0.05, 0) is 37.0 Å². The van der Waals surface area contributed by atoms with E-state index < -0.39 is 0 Å². The van der Waals surface area contributed by atoms with Gasteiger partial charge in [-0.15, -0.1) is 0 Å². The Morgan fingerprint density at radius 2 is 2.20 bits per heavy atom. The average molecular weight is 271 g/mol. The van der Waals surface area contributed by atoms with Gasteiger partial charge in [0.1, 0.15) is 18.1 Å². The van der Waals surface area contributed by atoms with Crippen LogP contribution in [-0.2, 0) is 13.0 Å². The highest BCUT2D eigenvalue weighted by Crippen LogP contribution is 2.37. The summed E-state index contributed by atoms with van der Waals surface area (Å²) >= 11 is 0. The zero-order chi connectivity index (χ0) is 13.7. The van der Waals surface area contributed by atoms with Gasteiger partial charge in [0.25, 0.3) is 0 Å². The van der Waals surface area contributed by atoms with Crippen molar-refractivity contribution in [3.8, 4) is 5.75 Å². The van der Waals surface area contributed by atoms with Crippen molar-refractivity contribution in [1.29, 1.82) is 0 Å². The number of hydrogen-bond acceptors (Lipinski definition) is 4. The summed E-state index contributed by atoms with van der Waals surface area (Å²) in [6, 6.07) is 6.24. The van der Waals surface area contributed by atoms with Crippen LogP contribution >= 0.6 is 0 Å². The van der Waals surface area contributed by atoms with Crippen LogP contribution in [0.3, 0.4) is 0 Å². The van der Waals surface area contributed by atoms with Crippen LogP contribution < -0.4 is 10.4 Å². The highest BCUT2D eigenvalue weighted by molar-refractivity contribution is 5.85. The van der Waals surface area contributed by atoms with E-state index in [9.17, 15) is 4.79 Å². The summed E-state index contributed by atoms with van der Waals surface area (Å²) in [6.45, 7) is 3.51. The van der Waals surface area contributed by atoms with Gasteiger partial charge in [-0.3, -0.25) is 4.90 Å². The van der Waals surface area contributed by atoms with E-state index in [1.54, 1.807) is 6.07 Å². The SMILES string of the molecule is CCc1cc(=O)oc2c3c(ccc12)OCN(C1CC1)C3. The van der Waals surface area contributed by atoms with E-state index in [4.69, 9.17) is 9.15 Å². The Balaban J connectivity index is 1.91. The molecule has 1 aromatic heterocycles. The lowest BCUT2D eigenvalue weighted by Gasteiger charge is -2.29. The quantitative estimate of drug-likeness (QED) is 0.788. The lowest BCUT2D eigenvalue weighted by molar-refractivity contribution is 0.0885. The zero-order valence-electron chi connectivity index (χ0n) is 11.5. The number of nitrogens with zero attached hydrogens (tertiary/aromatic N) is 1. The van der Waals surface area contributed by atoms with E-state index in [-0.39, 0.29) is 5.63 Å². The molecule has 0 unspecified atom stereocenters. The molecule has 1 aromatic carbocycles. The van der Waals surface area contributed by atoms with Crippen LogP contribution in [0.5, 0.6) is 5.75 Å². The van der Waals surface area contributed by atoms with Crippen molar-refractivity contribution in [1.82, 2.24) is 4.90 Å². The van der Waals surface area contributed by atoms with Crippen molar-refractivity contribution < 1.29 is 9.15 Å². The number of fused-ring (bicyclic) bond motifs is 3. The topological polar surface area (TPSA) is 42.7 Å². The second-order valence-electron chi connectivity index (χ2n) is 5.61. The number of hydrogen-bond donors (Lipinski definition) is 0. The maximum absolute atomic E-state index is 11.8. The molecule has 4 heteroatoms. The summed E-state index contributed by atoms with van der Waals surface area (Å²) in [5.41, 5.74) is 2.50. The number of ether oxygens (including phenoxy) is 1. The van der Waals surface area contributed by atoms with E-state index in [0.29, 0.717) is 18.4 Å². The van der Waals surface area contributed by atoms with Crippen molar-refractivity contribution in [3.05, 3.63) is 39.7 Å². The van der Waals surface area contributed by atoms with E-state index >= 15 is 0 Å². The first-order valence-corrected chi connectivity index (χ1v) is 7.21. The molecule has 2 aromatic rings. The molecular weight excluding hydrogens is 254 g/mol. The fourth-order valence-electron chi connectivity index (χ4n) is 2.98. The van der Waals surface area contributed by atoms with Gasteiger partial charge in [0.05, 0.1) is 5.56 Å². The summed E-state index contributed by atoms with van der Waals surface area (Å²) in [7, 11) is 0. The van der Waals surface area contributed by atoms with Crippen molar-refractivity contribution in [2.45, 2.75) is 38.8 Å². The second-order valence-corrected chi connectivity index (χ2v) is 5.61. The molecule has 0 N–H and O–H groups in total. The lowest BCUT2D eigenvalue weighted by Crippen LogP contribution is -2.33. The largest absolute Gasteiger partial charge is 0.478 e. The third kappa shape index (κ3) is 1.83. The Morgan fingerprint density at radius 1 is 1.35 bits per heavy atom. The van der Waals surface area contributed by atoms with Crippen LogP contribution in [0.4, 0.5) is 0 Å². The monoisotopic (exact) mass is 271 g/mol. The molecule has 2 heterocycles. The fraction of sp³-hybridized carbons (Fsp3) is 0.438. The van der Waals surface area contributed by atoms with Crippen molar-refractivity contribution in [3.63, 3.8) is 0 Å². The Bertz CT molecular complexity index is 730. The summed E-state index contributed by atoms with van der Waals surface area (Å²) in [5, 5.41) is 1.03. The molecule has 0 spiro atoms. The van der Waals surface area contributed by atoms with Gasteiger partial charge in [-0.25, -0.2) is 4.79 Å². The van der Waals surface area contributed by atoms with E-state index in [0.717, 1.165) is 35.2 Å². The third-order valence-corrected chi connectivity index (χ3v) is 4.25. The number of aryl methyl sites for hydroxylation is 1. The molecule has 1 aliphatic carbocycles. The predicted molar refractivity (Wildman–Crippen MR) is 75.9 cm³/mol. The lowest BCUT2D eigenvalue weighted by atomic mass is 10.0. The number of rotatable bonds is 2. The van der Waals surface area contributed by atoms with Gasteiger partial charge in [0.2, 0.25) is 0 Å². The maximum Gasteiger partial charge on any atom is 0.336 e. The fourth-order valence-corrected chi connectivity index (χ4v) is 2.98. The van der Waals surface area contributed by atoms with E-state index in [2.05, 4.69) is 11.8 Å². The smallest absolute Gasteiger partial charge is 0.336 e. The zero-order valence-corrected chi connectivity index (χ0v) is 11.5. The molecule has 2 aliphatic rings. The Hall–Kier alpha value is -1.81. The first kappa shape index (κ1) is 12.0. The Labute approximate surface area is 116 Å². The van der Waals surface area contributed by atoms with Gasteiger partial charge < -0.3 is 9.15 Å². The normalized spacial score (nSPS) is 18.9. The molecule has 4 nitrogen and oxygen atoms in total. The van der Waals surface area contributed by atoms with Gasteiger partial charge in [-0.1, -0.05) is 6.92 Å². The molecule has 0 atom stereocenters. The minimum atomic E-state index is -0.272. The minimum absolute atomic E-state index is 0.272. The first-order valence-electron chi connectivity index (χ1n) is 7.21. The third-order valence-electron chi connectivity index (χ3n) is 4.25. The van der Waals surface area contributed by atoms with Crippen LogP contribution in [0.1, 0.15) is 30.9 Å². The molecule has 104 valence electrons. The molecule has 0 saturated heterocycles. The molecule has 20 heavy (non-hydrogen) atoms. The maximum atomic E-state index is 11.8. The highest BCUT2D eigenvalue weighted by atomic mass is 16.5. The second kappa shape index (κ2) is 4.35. The highest BCUT2D eigenvalue weighted by Gasteiger charge is 2.33. The summed E-state index contributed by atoms with van der Waals surface area (Å²) < 4.78 is 11.3. The van der Waals surface area contributed by atoms with E-state index in [1.807, 2.05) is 12.1 Å². The summed E-state index contributed by atoms with van der Waals surface area (Å²) in [5.74, 6) is 0.853. The average Bonchev–Trinajstić information content (AvgIpc) is 3.30. The molecule has 1 aliphatic heterocycles. The van der Waals surface area contributed by atoms with Crippen molar-refractivity contribution >= 4 is 11.0 Å². The predicted octanol–water partition coefficient (Wildman–Crippen LogP) is 2.67. The van der Waals surface area contributed by atoms with Gasteiger partial charge >= 0.3 is 5.63 Å². The van der Waals surface area contributed by atoms with Crippen LogP contribution in [0, 0.1) is 0 Å². The van der Waals surface area contributed by atoms with Crippen molar-refractivity contribution in [2.24, 2.45) is 0 Å².